The fourth-order valence-corrected chi connectivity index (χ4v) is 3.86. The Morgan fingerprint density at radius 1 is 0.410 bits per heavy atom. The quantitative estimate of drug-likeness (QED) is 0.191. The predicted molar refractivity (Wildman–Crippen MR) is 161 cm³/mol. The van der Waals surface area contributed by atoms with Gasteiger partial charge in [-0.3, -0.25) is 0 Å². The molecule has 0 radical (unpaired) electrons. The summed E-state index contributed by atoms with van der Waals surface area (Å²) < 4.78 is 0. The third kappa shape index (κ3) is 7.26. The number of pyridine rings is 2. The van der Waals surface area contributed by atoms with Crippen LogP contribution in [0.5, 0.6) is 23.0 Å². The van der Waals surface area contributed by atoms with Crippen molar-refractivity contribution in [2.75, 3.05) is 0 Å². The molecular weight excluding hydrogens is 503 g/mol. The fourth-order valence-electron chi connectivity index (χ4n) is 3.86. The summed E-state index contributed by atoms with van der Waals surface area (Å²) >= 11 is 0. The van der Waals surface area contributed by atoms with E-state index in [1.807, 2.05) is 74.5 Å². The molecule has 0 aliphatic heterocycles. The molecular formula is C32H31AlN2O4. The summed E-state index contributed by atoms with van der Waals surface area (Å²) in [5.74, 6) is 0.843. The van der Waals surface area contributed by atoms with Crippen LogP contribution in [0.2, 0.25) is 0 Å². The number of para-hydroxylation sites is 4. The number of rotatable bonds is 1. The number of benzene rings is 4. The zero-order valence-electron chi connectivity index (χ0n) is 21.1. The van der Waals surface area contributed by atoms with Crippen LogP contribution in [0.25, 0.3) is 32.9 Å². The van der Waals surface area contributed by atoms with Gasteiger partial charge in [-0.15, -0.1) is 0 Å². The number of phenols is 4. The third-order valence-electron chi connectivity index (χ3n) is 5.77. The Morgan fingerprint density at radius 3 is 1.15 bits per heavy atom. The van der Waals surface area contributed by atoms with Crippen LogP contribution in [0.4, 0.5) is 0 Å². The van der Waals surface area contributed by atoms with Crippen molar-refractivity contribution in [1.29, 1.82) is 0 Å². The lowest BCUT2D eigenvalue weighted by molar-refractivity contribution is 0.469. The van der Waals surface area contributed by atoms with Gasteiger partial charge in [-0.25, -0.2) is 9.97 Å². The molecule has 0 bridgehead atoms. The van der Waals surface area contributed by atoms with Gasteiger partial charge in [0.25, 0.3) is 0 Å². The SMILES string of the molecule is Cc1ccc2cccc(O)c2n1.Cc1ccc2cccc(O)c2n1.Oc1ccccc1-c1ccccc1O.[AlH3]. The summed E-state index contributed by atoms with van der Waals surface area (Å²) in [7, 11) is 0. The molecule has 0 spiro atoms. The van der Waals surface area contributed by atoms with E-state index < -0.39 is 0 Å². The number of phenolic OH excluding ortho intramolecular Hbond substituents is 4. The van der Waals surface area contributed by atoms with Gasteiger partial charge in [-0.05, 0) is 50.2 Å². The number of hydrogen-bond acceptors (Lipinski definition) is 6. The maximum atomic E-state index is 9.58. The molecule has 6 rings (SSSR count). The van der Waals surface area contributed by atoms with Crippen LogP contribution in [0, 0.1) is 13.8 Å². The normalized spacial score (nSPS) is 10.0. The molecule has 0 saturated heterocycles. The highest BCUT2D eigenvalue weighted by Crippen LogP contribution is 2.34. The van der Waals surface area contributed by atoms with Gasteiger partial charge >= 0.3 is 0 Å². The van der Waals surface area contributed by atoms with Crippen LogP contribution in [0.15, 0.2) is 109 Å². The minimum Gasteiger partial charge on any atom is -0.507 e. The number of hydrogen-bond donors (Lipinski definition) is 4. The van der Waals surface area contributed by atoms with Crippen molar-refractivity contribution in [1.82, 2.24) is 9.97 Å². The molecule has 6 aromatic rings. The zero-order chi connectivity index (χ0) is 27.1. The lowest BCUT2D eigenvalue weighted by Gasteiger charge is -2.05. The monoisotopic (exact) mass is 534 g/mol. The second kappa shape index (κ2) is 13.3. The van der Waals surface area contributed by atoms with Crippen molar-refractivity contribution in [2.24, 2.45) is 0 Å². The van der Waals surface area contributed by atoms with Crippen molar-refractivity contribution in [3.63, 3.8) is 0 Å². The molecule has 4 aromatic carbocycles. The first-order chi connectivity index (χ1) is 18.3. The molecule has 0 aliphatic rings. The number of aromatic hydroxyl groups is 4. The maximum Gasteiger partial charge on any atom is 0.187 e. The highest BCUT2D eigenvalue weighted by molar-refractivity contribution is 5.84. The summed E-state index contributed by atoms with van der Waals surface area (Å²) in [4.78, 5) is 8.45. The van der Waals surface area contributed by atoms with Crippen LogP contribution in [0.3, 0.4) is 0 Å². The molecule has 2 heterocycles. The summed E-state index contributed by atoms with van der Waals surface area (Å²) in [6.45, 7) is 3.82. The van der Waals surface area contributed by atoms with Gasteiger partial charge in [0.1, 0.15) is 34.0 Å². The van der Waals surface area contributed by atoms with Gasteiger partial charge in [0, 0.05) is 33.3 Å². The van der Waals surface area contributed by atoms with Gasteiger partial charge in [-0.1, -0.05) is 72.8 Å². The van der Waals surface area contributed by atoms with Crippen molar-refractivity contribution < 1.29 is 20.4 Å². The molecule has 6 nitrogen and oxygen atoms in total. The first kappa shape index (κ1) is 29.0. The van der Waals surface area contributed by atoms with E-state index in [9.17, 15) is 20.4 Å². The smallest absolute Gasteiger partial charge is 0.187 e. The van der Waals surface area contributed by atoms with E-state index in [1.165, 1.54) is 0 Å². The lowest BCUT2D eigenvalue weighted by Crippen LogP contribution is -1.82. The van der Waals surface area contributed by atoms with Crippen molar-refractivity contribution in [3.8, 4) is 34.1 Å². The number of fused-ring (bicyclic) bond motifs is 2. The summed E-state index contributed by atoms with van der Waals surface area (Å²) in [6, 6.07) is 32.4. The molecule has 7 heteroatoms. The average molecular weight is 535 g/mol. The van der Waals surface area contributed by atoms with Gasteiger partial charge in [-0.2, -0.15) is 0 Å². The van der Waals surface area contributed by atoms with E-state index in [0.29, 0.717) is 22.2 Å². The summed E-state index contributed by atoms with van der Waals surface area (Å²) in [6.07, 6.45) is 0. The lowest BCUT2D eigenvalue weighted by atomic mass is 10.0. The Bertz CT molecular complexity index is 1580. The summed E-state index contributed by atoms with van der Waals surface area (Å²) in [5, 5.41) is 40.0. The average Bonchev–Trinajstić information content (AvgIpc) is 2.91. The van der Waals surface area contributed by atoms with E-state index >= 15 is 0 Å². The molecule has 4 N–H and O–H groups in total. The molecule has 0 unspecified atom stereocenters. The topological polar surface area (TPSA) is 107 Å². The summed E-state index contributed by atoms with van der Waals surface area (Å²) in [5.41, 5.74) is 4.49. The van der Waals surface area contributed by atoms with E-state index in [0.717, 1.165) is 22.2 Å². The van der Waals surface area contributed by atoms with E-state index in [2.05, 4.69) is 9.97 Å². The molecule has 39 heavy (non-hydrogen) atoms. The highest BCUT2D eigenvalue weighted by atomic mass is 27.0. The number of nitrogens with zero attached hydrogens (tertiary/aromatic N) is 2. The standard InChI is InChI=1S/C12H10O2.2C10H9NO.Al.3H/c13-11-7-3-1-5-9(11)10-6-2-4-8-12(10)14;2*1-7-5-6-8-3-2-4-9(12)10(8)11-7;;;;/h1-8,13-14H;2*2-6,12H,1H3;;;;. The zero-order valence-corrected chi connectivity index (χ0v) is 21.1. The predicted octanol–water partition coefficient (Wildman–Crippen LogP) is 6.08. The molecule has 2 aromatic heterocycles. The van der Waals surface area contributed by atoms with Crippen molar-refractivity contribution >= 4 is 39.2 Å². The number of aromatic nitrogens is 2. The van der Waals surface area contributed by atoms with Gasteiger partial charge in [0.2, 0.25) is 0 Å². The third-order valence-corrected chi connectivity index (χ3v) is 5.77. The Morgan fingerprint density at radius 2 is 0.769 bits per heavy atom. The Balaban J connectivity index is 0.000000160. The Labute approximate surface area is 237 Å². The van der Waals surface area contributed by atoms with Crippen molar-refractivity contribution in [2.45, 2.75) is 13.8 Å². The molecule has 0 fully saturated rings. The molecule has 196 valence electrons. The molecule has 0 aliphatic carbocycles. The van der Waals surface area contributed by atoms with Crippen LogP contribution < -0.4 is 0 Å². The maximum absolute atomic E-state index is 9.58. The first-order valence-electron chi connectivity index (χ1n) is 12.0. The molecule has 0 amide bonds. The van der Waals surface area contributed by atoms with Crippen LogP contribution in [-0.2, 0) is 0 Å². The van der Waals surface area contributed by atoms with E-state index in [-0.39, 0.29) is 40.4 Å². The van der Waals surface area contributed by atoms with Crippen LogP contribution >= 0.6 is 0 Å². The second-order valence-corrected chi connectivity index (χ2v) is 8.64. The molecule has 0 atom stereocenters. The fraction of sp³-hybridized carbons (Fsp3) is 0.0625. The minimum atomic E-state index is 0. The van der Waals surface area contributed by atoms with E-state index in [1.54, 1.807) is 48.5 Å². The highest BCUT2D eigenvalue weighted by Gasteiger charge is 2.06. The van der Waals surface area contributed by atoms with Crippen LogP contribution in [0.1, 0.15) is 11.4 Å². The minimum absolute atomic E-state index is 0. The Kier molecular flexibility index (Phi) is 9.88. The molecule has 0 saturated carbocycles. The van der Waals surface area contributed by atoms with Crippen molar-refractivity contribution in [3.05, 3.63) is 121 Å². The van der Waals surface area contributed by atoms with Gasteiger partial charge in [0.15, 0.2) is 17.4 Å². The Hall–Kier alpha value is -4.57. The van der Waals surface area contributed by atoms with Gasteiger partial charge in [0.05, 0.1) is 0 Å². The number of aryl methyl sites for hydroxylation is 2. The largest absolute Gasteiger partial charge is 0.507 e. The van der Waals surface area contributed by atoms with Crippen LogP contribution in [-0.4, -0.2) is 47.8 Å². The van der Waals surface area contributed by atoms with Gasteiger partial charge < -0.3 is 20.4 Å². The first-order valence-corrected chi connectivity index (χ1v) is 12.0. The second-order valence-electron chi connectivity index (χ2n) is 8.64. The van der Waals surface area contributed by atoms with E-state index in [4.69, 9.17) is 0 Å².